The van der Waals surface area contributed by atoms with Crippen molar-refractivity contribution in [2.24, 2.45) is 5.92 Å². The molecule has 1 fully saturated rings. The highest BCUT2D eigenvalue weighted by Crippen LogP contribution is 2.27. The molecule has 0 aliphatic heterocycles. The van der Waals surface area contributed by atoms with Gasteiger partial charge in [0.25, 0.3) is 0 Å². The van der Waals surface area contributed by atoms with Gasteiger partial charge in [0.05, 0.1) is 7.11 Å². The smallest absolute Gasteiger partial charge is 0.169 e. The van der Waals surface area contributed by atoms with E-state index in [1.165, 1.54) is 39.2 Å². The lowest BCUT2D eigenvalue weighted by atomic mass is 9.84. The zero-order valence-corrected chi connectivity index (χ0v) is 11.9. The van der Waals surface area contributed by atoms with Crippen molar-refractivity contribution >= 4 is 0 Å². The van der Waals surface area contributed by atoms with Gasteiger partial charge in [-0.1, -0.05) is 25.5 Å². The second-order valence-electron chi connectivity index (χ2n) is 5.44. The highest BCUT2D eigenvalue weighted by molar-refractivity contribution is 5.30. The fourth-order valence-electron chi connectivity index (χ4n) is 2.88. The lowest BCUT2D eigenvalue weighted by Gasteiger charge is -2.28. The Bertz CT molecular complexity index is 400. The number of hydrogen-bond donors (Lipinski definition) is 1. The molecule has 106 valence electrons. The van der Waals surface area contributed by atoms with Gasteiger partial charge in [-0.05, 0) is 37.7 Å². The van der Waals surface area contributed by atoms with Crippen LogP contribution in [0.15, 0.2) is 18.2 Å². The summed E-state index contributed by atoms with van der Waals surface area (Å²) in [5.74, 6) is 0.986. The van der Waals surface area contributed by atoms with Crippen LogP contribution in [0.25, 0.3) is 0 Å². The summed E-state index contributed by atoms with van der Waals surface area (Å²) in [6, 6.07) is 5.86. The van der Waals surface area contributed by atoms with Crippen LogP contribution in [0.4, 0.5) is 4.39 Å². The van der Waals surface area contributed by atoms with Crippen LogP contribution in [0.1, 0.15) is 44.6 Å². The molecular formula is C16H24FNO. The average Bonchev–Trinajstić information content (AvgIpc) is 2.47. The van der Waals surface area contributed by atoms with Crippen LogP contribution in [0, 0.1) is 11.7 Å². The van der Waals surface area contributed by atoms with Gasteiger partial charge in [-0.15, -0.1) is 0 Å². The number of halogens is 1. The molecule has 0 aromatic heterocycles. The molecule has 0 saturated heterocycles. The van der Waals surface area contributed by atoms with Gasteiger partial charge in [-0.3, -0.25) is 0 Å². The third-order valence-electron chi connectivity index (χ3n) is 4.27. The molecule has 1 aliphatic carbocycles. The van der Waals surface area contributed by atoms with Gasteiger partial charge < -0.3 is 10.1 Å². The van der Waals surface area contributed by atoms with Gasteiger partial charge in [-0.2, -0.15) is 0 Å². The van der Waals surface area contributed by atoms with E-state index < -0.39 is 0 Å². The van der Waals surface area contributed by atoms with Crippen molar-refractivity contribution in [3.63, 3.8) is 0 Å². The number of rotatable bonds is 5. The third kappa shape index (κ3) is 3.69. The Morgan fingerprint density at radius 3 is 2.63 bits per heavy atom. The quantitative estimate of drug-likeness (QED) is 0.872. The summed E-state index contributed by atoms with van der Waals surface area (Å²) in [5.41, 5.74) is 0.692. The molecule has 0 atom stereocenters. The molecule has 0 unspecified atom stereocenters. The molecule has 1 aromatic carbocycles. The monoisotopic (exact) mass is 265 g/mol. The van der Waals surface area contributed by atoms with Crippen molar-refractivity contribution in [1.29, 1.82) is 0 Å². The van der Waals surface area contributed by atoms with E-state index in [9.17, 15) is 4.39 Å². The van der Waals surface area contributed by atoms with E-state index in [1.807, 2.05) is 12.1 Å². The number of methoxy groups -OCH3 is 1. The number of benzene rings is 1. The summed E-state index contributed by atoms with van der Waals surface area (Å²) in [4.78, 5) is 0. The number of hydrogen-bond acceptors (Lipinski definition) is 2. The minimum absolute atomic E-state index is 0.236. The maximum atomic E-state index is 14.0. The van der Waals surface area contributed by atoms with Crippen molar-refractivity contribution in [3.05, 3.63) is 29.6 Å². The second kappa shape index (κ2) is 6.90. The first-order valence-corrected chi connectivity index (χ1v) is 7.29. The summed E-state index contributed by atoms with van der Waals surface area (Å²) in [6.45, 7) is 2.86. The first-order valence-electron chi connectivity index (χ1n) is 7.29. The molecule has 2 nitrogen and oxygen atoms in total. The molecule has 19 heavy (non-hydrogen) atoms. The summed E-state index contributed by atoms with van der Waals surface area (Å²) >= 11 is 0. The Balaban J connectivity index is 1.86. The van der Waals surface area contributed by atoms with Crippen LogP contribution < -0.4 is 10.1 Å². The van der Waals surface area contributed by atoms with E-state index in [0.717, 1.165) is 5.92 Å². The first kappa shape index (κ1) is 14.3. The average molecular weight is 265 g/mol. The Hall–Kier alpha value is -1.09. The van der Waals surface area contributed by atoms with Crippen molar-refractivity contribution in [2.45, 2.75) is 51.6 Å². The Morgan fingerprint density at radius 2 is 2.00 bits per heavy atom. The summed E-state index contributed by atoms with van der Waals surface area (Å²) in [5, 5.41) is 3.48. The van der Waals surface area contributed by atoms with Crippen molar-refractivity contribution < 1.29 is 9.13 Å². The van der Waals surface area contributed by atoms with Crippen molar-refractivity contribution in [1.82, 2.24) is 5.32 Å². The van der Waals surface area contributed by atoms with E-state index in [1.54, 1.807) is 6.07 Å². The predicted octanol–water partition coefficient (Wildman–Crippen LogP) is 3.89. The fourth-order valence-corrected chi connectivity index (χ4v) is 2.88. The largest absolute Gasteiger partial charge is 0.494 e. The van der Waals surface area contributed by atoms with Crippen LogP contribution in [0.5, 0.6) is 5.75 Å². The molecule has 1 N–H and O–H groups in total. The highest BCUT2D eigenvalue weighted by Gasteiger charge is 2.19. The molecule has 0 spiro atoms. The molecule has 0 bridgehead atoms. The van der Waals surface area contributed by atoms with Crippen LogP contribution in [-0.4, -0.2) is 13.2 Å². The molecule has 2 rings (SSSR count). The zero-order chi connectivity index (χ0) is 13.7. The molecule has 0 amide bonds. The molecular weight excluding hydrogens is 241 g/mol. The van der Waals surface area contributed by atoms with Crippen LogP contribution in [0.3, 0.4) is 0 Å². The van der Waals surface area contributed by atoms with Gasteiger partial charge in [0.15, 0.2) is 11.6 Å². The van der Waals surface area contributed by atoms with E-state index in [4.69, 9.17) is 4.74 Å². The minimum atomic E-state index is -0.236. The Labute approximate surface area is 115 Å². The van der Waals surface area contributed by atoms with E-state index in [0.29, 0.717) is 23.9 Å². The minimum Gasteiger partial charge on any atom is -0.494 e. The maximum Gasteiger partial charge on any atom is 0.169 e. The summed E-state index contributed by atoms with van der Waals surface area (Å²) in [6.07, 6.45) is 6.31. The molecule has 1 aliphatic rings. The van der Waals surface area contributed by atoms with Gasteiger partial charge in [0, 0.05) is 18.2 Å². The van der Waals surface area contributed by atoms with E-state index in [-0.39, 0.29) is 5.82 Å². The zero-order valence-electron chi connectivity index (χ0n) is 11.9. The molecule has 0 heterocycles. The topological polar surface area (TPSA) is 21.3 Å². The van der Waals surface area contributed by atoms with Crippen molar-refractivity contribution in [3.8, 4) is 5.75 Å². The fraction of sp³-hybridized carbons (Fsp3) is 0.625. The second-order valence-corrected chi connectivity index (χ2v) is 5.44. The standard InChI is InChI=1S/C16H24FNO/c1-3-12-7-9-14(10-8-12)18-11-13-5-4-6-15(19-2)16(13)17/h4-6,12,14,18H,3,7-11H2,1-2H3. The highest BCUT2D eigenvalue weighted by atomic mass is 19.1. The number of nitrogens with one attached hydrogen (secondary N) is 1. The maximum absolute atomic E-state index is 14.0. The van der Waals surface area contributed by atoms with Gasteiger partial charge in [-0.25, -0.2) is 4.39 Å². The third-order valence-corrected chi connectivity index (χ3v) is 4.27. The lowest BCUT2D eigenvalue weighted by molar-refractivity contribution is 0.284. The van der Waals surface area contributed by atoms with Gasteiger partial charge in [0.1, 0.15) is 0 Å². The predicted molar refractivity (Wildman–Crippen MR) is 75.8 cm³/mol. The van der Waals surface area contributed by atoms with Crippen molar-refractivity contribution in [2.75, 3.05) is 7.11 Å². The van der Waals surface area contributed by atoms with Crippen LogP contribution in [0.2, 0.25) is 0 Å². The van der Waals surface area contributed by atoms with Gasteiger partial charge >= 0.3 is 0 Å². The van der Waals surface area contributed by atoms with E-state index >= 15 is 0 Å². The summed E-state index contributed by atoms with van der Waals surface area (Å²) in [7, 11) is 1.50. The Morgan fingerprint density at radius 1 is 1.26 bits per heavy atom. The molecule has 1 aromatic rings. The summed E-state index contributed by atoms with van der Waals surface area (Å²) < 4.78 is 19.0. The molecule has 1 saturated carbocycles. The van der Waals surface area contributed by atoms with Gasteiger partial charge in [0.2, 0.25) is 0 Å². The molecule has 3 heteroatoms. The Kier molecular flexibility index (Phi) is 5.20. The SMILES string of the molecule is CCC1CCC(NCc2cccc(OC)c2F)CC1. The van der Waals surface area contributed by atoms with E-state index in [2.05, 4.69) is 12.2 Å². The normalized spacial score (nSPS) is 23.3. The lowest BCUT2D eigenvalue weighted by Crippen LogP contribution is -2.32. The molecule has 0 radical (unpaired) electrons. The first-order chi connectivity index (χ1) is 9.24. The van der Waals surface area contributed by atoms with Crippen LogP contribution >= 0.6 is 0 Å². The number of ether oxygens (including phenoxy) is 1. The van der Waals surface area contributed by atoms with Crippen LogP contribution in [-0.2, 0) is 6.54 Å².